The van der Waals surface area contributed by atoms with E-state index in [1.54, 1.807) is 32.2 Å². The quantitative estimate of drug-likeness (QED) is 0.641. The van der Waals surface area contributed by atoms with Crippen LogP contribution in [-0.4, -0.2) is 23.0 Å². The lowest BCUT2D eigenvalue weighted by molar-refractivity contribution is 0.100. The maximum Gasteiger partial charge on any atom is 0.250 e. The Morgan fingerprint density at radius 3 is 2.75 bits per heavy atom. The van der Waals surface area contributed by atoms with Crippen molar-refractivity contribution in [3.63, 3.8) is 0 Å². The van der Waals surface area contributed by atoms with Gasteiger partial charge in [-0.15, -0.1) is 0 Å². The number of nitrogens with zero attached hydrogens (tertiary/aromatic N) is 2. The van der Waals surface area contributed by atoms with Gasteiger partial charge in [0.25, 0.3) is 5.91 Å². The summed E-state index contributed by atoms with van der Waals surface area (Å²) in [5.41, 5.74) is 7.03. The van der Waals surface area contributed by atoms with Crippen molar-refractivity contribution in [3.8, 4) is 5.75 Å². The number of ether oxygens (including phenoxy) is 1. The molecule has 146 valence electrons. The standard InChI is InChI=1S/C21H23FN4O2/c1-4-6-17(16-11-13(22)9-10-18(16)28-3)26-21-15-8-5-7-14(20(23)27)19(15)24-12(2)25-21/h5,7-11,17H,4,6H2,1-3H3,(H2,23,27)(H,24,25,26)/t17-/m1/s1. The third-order valence-electron chi connectivity index (χ3n) is 4.56. The lowest BCUT2D eigenvalue weighted by Crippen LogP contribution is -2.16. The van der Waals surface area contributed by atoms with Gasteiger partial charge in [0.2, 0.25) is 0 Å². The third-order valence-corrected chi connectivity index (χ3v) is 4.56. The summed E-state index contributed by atoms with van der Waals surface area (Å²) in [5, 5.41) is 4.08. The second kappa shape index (κ2) is 8.21. The summed E-state index contributed by atoms with van der Waals surface area (Å²) in [5.74, 6) is 0.783. The van der Waals surface area contributed by atoms with Crippen LogP contribution in [0.25, 0.3) is 10.9 Å². The monoisotopic (exact) mass is 382 g/mol. The number of aryl methyl sites for hydroxylation is 1. The van der Waals surface area contributed by atoms with Crippen LogP contribution in [0.4, 0.5) is 10.2 Å². The molecule has 3 N–H and O–H groups in total. The first-order chi connectivity index (χ1) is 13.4. The van der Waals surface area contributed by atoms with Crippen LogP contribution in [0.3, 0.4) is 0 Å². The number of para-hydroxylation sites is 1. The van der Waals surface area contributed by atoms with Crippen molar-refractivity contribution in [2.24, 2.45) is 5.73 Å². The zero-order valence-electron chi connectivity index (χ0n) is 16.1. The molecule has 6 nitrogen and oxygen atoms in total. The van der Waals surface area contributed by atoms with Crippen molar-refractivity contribution in [2.45, 2.75) is 32.7 Å². The number of aromatic nitrogens is 2. The lowest BCUT2D eigenvalue weighted by Gasteiger charge is -2.22. The average molecular weight is 382 g/mol. The van der Waals surface area contributed by atoms with Gasteiger partial charge in [-0.25, -0.2) is 14.4 Å². The van der Waals surface area contributed by atoms with Gasteiger partial charge in [0, 0.05) is 10.9 Å². The average Bonchev–Trinajstić information content (AvgIpc) is 2.66. The molecule has 1 amide bonds. The number of rotatable bonds is 7. The highest BCUT2D eigenvalue weighted by Gasteiger charge is 2.20. The Balaban J connectivity index is 2.12. The van der Waals surface area contributed by atoms with Crippen LogP contribution >= 0.6 is 0 Å². The van der Waals surface area contributed by atoms with Crippen LogP contribution in [-0.2, 0) is 0 Å². The number of methoxy groups -OCH3 is 1. The van der Waals surface area contributed by atoms with Crippen LogP contribution in [0.5, 0.6) is 5.75 Å². The minimum absolute atomic E-state index is 0.231. The summed E-state index contributed by atoms with van der Waals surface area (Å²) in [4.78, 5) is 20.7. The van der Waals surface area contributed by atoms with Crippen LogP contribution in [0.2, 0.25) is 0 Å². The molecule has 1 atom stereocenters. The number of hydrogen-bond acceptors (Lipinski definition) is 5. The predicted octanol–water partition coefficient (Wildman–Crippen LogP) is 4.14. The second-order valence-corrected chi connectivity index (χ2v) is 6.56. The molecular formula is C21H23FN4O2. The molecule has 0 bridgehead atoms. The number of fused-ring (bicyclic) bond motifs is 1. The van der Waals surface area contributed by atoms with E-state index in [2.05, 4.69) is 22.2 Å². The van der Waals surface area contributed by atoms with E-state index < -0.39 is 5.91 Å². The Kier molecular flexibility index (Phi) is 5.73. The molecule has 2 aromatic carbocycles. The summed E-state index contributed by atoms with van der Waals surface area (Å²) in [6.45, 7) is 3.80. The van der Waals surface area contributed by atoms with E-state index in [9.17, 15) is 9.18 Å². The molecule has 0 fully saturated rings. The SMILES string of the molecule is CCC[C@@H](Nc1nc(C)nc2c(C(N)=O)cccc12)c1cc(F)ccc1OC. The van der Waals surface area contributed by atoms with Crippen LogP contribution < -0.4 is 15.8 Å². The number of amides is 1. The van der Waals surface area contributed by atoms with Gasteiger partial charge in [0.15, 0.2) is 0 Å². The summed E-state index contributed by atoms with van der Waals surface area (Å²) in [7, 11) is 1.56. The lowest BCUT2D eigenvalue weighted by atomic mass is 10.0. The highest BCUT2D eigenvalue weighted by molar-refractivity contribution is 6.07. The minimum atomic E-state index is -0.549. The van der Waals surface area contributed by atoms with Crippen molar-refractivity contribution in [3.05, 3.63) is 59.2 Å². The van der Waals surface area contributed by atoms with Crippen LogP contribution in [0.1, 0.15) is 47.6 Å². The number of anilines is 1. The van der Waals surface area contributed by atoms with Gasteiger partial charge < -0.3 is 15.8 Å². The third kappa shape index (κ3) is 3.88. The molecule has 1 heterocycles. The van der Waals surface area contributed by atoms with Gasteiger partial charge >= 0.3 is 0 Å². The number of nitrogens with one attached hydrogen (secondary N) is 1. The maximum atomic E-state index is 13.9. The number of nitrogens with two attached hydrogens (primary N) is 1. The second-order valence-electron chi connectivity index (χ2n) is 6.56. The molecule has 7 heteroatoms. The highest BCUT2D eigenvalue weighted by atomic mass is 19.1. The molecule has 0 saturated heterocycles. The molecule has 0 saturated carbocycles. The highest BCUT2D eigenvalue weighted by Crippen LogP contribution is 2.33. The normalized spacial score (nSPS) is 12.0. The Morgan fingerprint density at radius 1 is 1.29 bits per heavy atom. The molecular weight excluding hydrogens is 359 g/mol. The van der Waals surface area contributed by atoms with Gasteiger partial charge in [0.1, 0.15) is 23.2 Å². The molecule has 3 rings (SSSR count). The van der Waals surface area contributed by atoms with Crippen molar-refractivity contribution in [1.82, 2.24) is 9.97 Å². The Hall–Kier alpha value is -3.22. The fraction of sp³-hybridized carbons (Fsp3) is 0.286. The molecule has 0 radical (unpaired) electrons. The van der Waals surface area contributed by atoms with E-state index in [0.717, 1.165) is 12.8 Å². The topological polar surface area (TPSA) is 90.1 Å². The number of benzene rings is 2. The molecule has 0 aliphatic rings. The van der Waals surface area contributed by atoms with E-state index >= 15 is 0 Å². The van der Waals surface area contributed by atoms with Crippen molar-refractivity contribution in [1.29, 1.82) is 0 Å². The zero-order valence-corrected chi connectivity index (χ0v) is 16.1. The van der Waals surface area contributed by atoms with Gasteiger partial charge in [-0.2, -0.15) is 0 Å². The van der Waals surface area contributed by atoms with E-state index in [1.165, 1.54) is 12.1 Å². The zero-order chi connectivity index (χ0) is 20.3. The number of hydrogen-bond donors (Lipinski definition) is 2. The number of primary amides is 1. The van der Waals surface area contributed by atoms with E-state index in [0.29, 0.717) is 39.4 Å². The first-order valence-corrected chi connectivity index (χ1v) is 9.11. The summed E-state index contributed by atoms with van der Waals surface area (Å²) in [6, 6.07) is 9.43. The molecule has 0 spiro atoms. The van der Waals surface area contributed by atoms with Crippen molar-refractivity contribution < 1.29 is 13.9 Å². The van der Waals surface area contributed by atoms with Crippen LogP contribution in [0.15, 0.2) is 36.4 Å². The summed E-state index contributed by atoms with van der Waals surface area (Å²) < 4.78 is 19.3. The van der Waals surface area contributed by atoms with Gasteiger partial charge in [-0.1, -0.05) is 19.4 Å². The summed E-state index contributed by atoms with van der Waals surface area (Å²) in [6.07, 6.45) is 1.60. The Bertz CT molecular complexity index is 1020. The minimum Gasteiger partial charge on any atom is -0.496 e. The maximum absolute atomic E-state index is 13.9. The molecule has 3 aromatic rings. The molecule has 0 aliphatic carbocycles. The van der Waals surface area contributed by atoms with Gasteiger partial charge in [-0.05, 0) is 43.7 Å². The number of carbonyl (C=O) groups is 1. The van der Waals surface area contributed by atoms with Crippen molar-refractivity contribution in [2.75, 3.05) is 12.4 Å². The van der Waals surface area contributed by atoms with E-state index in [1.807, 2.05) is 6.07 Å². The van der Waals surface area contributed by atoms with E-state index in [4.69, 9.17) is 10.5 Å². The first kappa shape index (κ1) is 19.5. The first-order valence-electron chi connectivity index (χ1n) is 9.11. The Labute approximate surface area is 162 Å². The predicted molar refractivity (Wildman–Crippen MR) is 107 cm³/mol. The molecule has 0 unspecified atom stereocenters. The fourth-order valence-electron chi connectivity index (χ4n) is 3.31. The number of halogens is 1. The molecule has 0 aliphatic heterocycles. The van der Waals surface area contributed by atoms with Gasteiger partial charge in [0.05, 0.1) is 24.2 Å². The Morgan fingerprint density at radius 2 is 2.07 bits per heavy atom. The fourth-order valence-corrected chi connectivity index (χ4v) is 3.31. The number of carbonyl (C=O) groups excluding carboxylic acids is 1. The summed E-state index contributed by atoms with van der Waals surface area (Å²) >= 11 is 0. The van der Waals surface area contributed by atoms with E-state index in [-0.39, 0.29) is 11.9 Å². The van der Waals surface area contributed by atoms with Gasteiger partial charge in [-0.3, -0.25) is 4.79 Å². The molecule has 28 heavy (non-hydrogen) atoms. The molecule has 1 aromatic heterocycles. The van der Waals surface area contributed by atoms with Crippen LogP contribution in [0, 0.1) is 12.7 Å². The van der Waals surface area contributed by atoms with Crippen molar-refractivity contribution >= 4 is 22.6 Å². The largest absolute Gasteiger partial charge is 0.496 e. The smallest absolute Gasteiger partial charge is 0.250 e.